The summed E-state index contributed by atoms with van der Waals surface area (Å²) in [5.74, 6) is 1.05. The van der Waals surface area contributed by atoms with Gasteiger partial charge in [0, 0.05) is 12.6 Å². The second kappa shape index (κ2) is 5.45. The van der Waals surface area contributed by atoms with E-state index < -0.39 is 0 Å². The van der Waals surface area contributed by atoms with Gasteiger partial charge in [0.2, 0.25) is 5.91 Å². The molecule has 0 aromatic heterocycles. The van der Waals surface area contributed by atoms with E-state index in [1.807, 2.05) is 0 Å². The fourth-order valence-corrected chi connectivity index (χ4v) is 4.44. The van der Waals surface area contributed by atoms with Gasteiger partial charge in [-0.3, -0.25) is 4.79 Å². The third-order valence-corrected chi connectivity index (χ3v) is 5.67. The van der Waals surface area contributed by atoms with Crippen LogP contribution in [0.3, 0.4) is 0 Å². The molecular weight excluding hydrogens is 260 g/mol. The fraction of sp³-hybridized carbons (Fsp3) is 0.611. The molecule has 3 heteroatoms. The highest BCUT2D eigenvalue weighted by molar-refractivity contribution is 5.84. The van der Waals surface area contributed by atoms with Crippen LogP contribution in [0.1, 0.15) is 42.7 Å². The molecule has 1 N–H and O–H groups in total. The van der Waals surface area contributed by atoms with Gasteiger partial charge in [0.25, 0.3) is 0 Å². The van der Waals surface area contributed by atoms with Crippen molar-refractivity contribution in [1.29, 1.82) is 0 Å². The maximum atomic E-state index is 12.8. The Morgan fingerprint density at radius 2 is 1.95 bits per heavy atom. The van der Waals surface area contributed by atoms with Crippen molar-refractivity contribution in [2.75, 3.05) is 19.6 Å². The first-order chi connectivity index (χ1) is 10.3. The van der Waals surface area contributed by atoms with E-state index in [1.54, 1.807) is 0 Å². The first kappa shape index (κ1) is 13.3. The number of fused-ring (bicyclic) bond motifs is 4. The number of amides is 1. The molecule has 1 aromatic carbocycles. The lowest BCUT2D eigenvalue weighted by Gasteiger charge is -2.45. The second-order valence-electron chi connectivity index (χ2n) is 6.90. The van der Waals surface area contributed by atoms with Gasteiger partial charge in [-0.2, -0.15) is 0 Å². The van der Waals surface area contributed by atoms with Crippen molar-refractivity contribution < 1.29 is 4.79 Å². The van der Waals surface area contributed by atoms with Gasteiger partial charge in [-0.15, -0.1) is 0 Å². The SMILES string of the molecule is O=C(N[C@@H]1CN2CCC1CC2)[C@H]1CCCc2ccccc21. The van der Waals surface area contributed by atoms with Crippen LogP contribution in [0.15, 0.2) is 24.3 Å². The number of benzene rings is 1. The van der Waals surface area contributed by atoms with Crippen molar-refractivity contribution in [2.24, 2.45) is 5.92 Å². The molecule has 3 saturated heterocycles. The highest BCUT2D eigenvalue weighted by Gasteiger charge is 2.36. The maximum absolute atomic E-state index is 12.8. The highest BCUT2D eigenvalue weighted by Crippen LogP contribution is 2.33. The highest BCUT2D eigenvalue weighted by atomic mass is 16.2. The molecule has 0 unspecified atom stereocenters. The van der Waals surface area contributed by atoms with Crippen molar-refractivity contribution in [1.82, 2.24) is 10.2 Å². The Morgan fingerprint density at radius 3 is 2.71 bits per heavy atom. The van der Waals surface area contributed by atoms with Gasteiger partial charge < -0.3 is 10.2 Å². The van der Waals surface area contributed by atoms with Crippen LogP contribution in [0.4, 0.5) is 0 Å². The van der Waals surface area contributed by atoms with Crippen LogP contribution in [0.5, 0.6) is 0 Å². The summed E-state index contributed by atoms with van der Waals surface area (Å²) < 4.78 is 0. The van der Waals surface area contributed by atoms with Crippen LogP contribution in [0.2, 0.25) is 0 Å². The molecule has 5 rings (SSSR count). The van der Waals surface area contributed by atoms with E-state index in [-0.39, 0.29) is 11.8 Å². The summed E-state index contributed by atoms with van der Waals surface area (Å²) in [7, 11) is 0. The predicted octanol–water partition coefficient (Wildman–Crippen LogP) is 2.32. The molecule has 0 radical (unpaired) electrons. The van der Waals surface area contributed by atoms with Gasteiger partial charge in [0.05, 0.1) is 5.92 Å². The van der Waals surface area contributed by atoms with Crippen molar-refractivity contribution in [3.8, 4) is 0 Å². The first-order valence-corrected chi connectivity index (χ1v) is 8.42. The van der Waals surface area contributed by atoms with E-state index in [4.69, 9.17) is 0 Å². The van der Waals surface area contributed by atoms with E-state index in [9.17, 15) is 4.79 Å². The molecule has 3 heterocycles. The minimum Gasteiger partial charge on any atom is -0.351 e. The lowest BCUT2D eigenvalue weighted by atomic mass is 9.80. The third-order valence-electron chi connectivity index (χ3n) is 5.67. The molecule has 0 spiro atoms. The number of hydrogen-bond acceptors (Lipinski definition) is 2. The van der Waals surface area contributed by atoms with E-state index in [0.29, 0.717) is 12.0 Å². The molecular formula is C18H24N2O. The lowest BCUT2D eigenvalue weighted by Crippen LogP contribution is -2.57. The number of piperidine rings is 3. The van der Waals surface area contributed by atoms with E-state index in [2.05, 4.69) is 34.5 Å². The standard InChI is InChI=1S/C18H24N2O/c21-18(19-17-12-20-10-8-14(17)9-11-20)16-7-3-5-13-4-1-2-6-15(13)16/h1-2,4,6,14,16-17H,3,5,7-12H2,(H,19,21)/t16-,17+/m0/s1. The summed E-state index contributed by atoms with van der Waals surface area (Å²) >= 11 is 0. The number of aryl methyl sites for hydroxylation is 1. The molecule has 3 aliphatic heterocycles. The normalized spacial score (nSPS) is 34.3. The number of carbonyl (C=O) groups excluding carboxylic acids is 1. The van der Waals surface area contributed by atoms with Gasteiger partial charge >= 0.3 is 0 Å². The number of carbonyl (C=O) groups is 1. The minimum absolute atomic E-state index is 0.0744. The summed E-state index contributed by atoms with van der Waals surface area (Å²) in [4.78, 5) is 15.3. The van der Waals surface area contributed by atoms with Crippen LogP contribution in [-0.2, 0) is 11.2 Å². The van der Waals surface area contributed by atoms with E-state index >= 15 is 0 Å². The quantitative estimate of drug-likeness (QED) is 0.904. The van der Waals surface area contributed by atoms with E-state index in [0.717, 1.165) is 25.8 Å². The summed E-state index contributed by atoms with van der Waals surface area (Å²) in [6.07, 6.45) is 5.78. The van der Waals surface area contributed by atoms with Crippen LogP contribution in [-0.4, -0.2) is 36.5 Å². The van der Waals surface area contributed by atoms with Crippen molar-refractivity contribution in [3.05, 3.63) is 35.4 Å². The van der Waals surface area contributed by atoms with Gasteiger partial charge in [0.15, 0.2) is 0 Å². The summed E-state index contributed by atoms with van der Waals surface area (Å²) in [6, 6.07) is 8.87. The Morgan fingerprint density at radius 1 is 1.14 bits per heavy atom. The Hall–Kier alpha value is -1.35. The zero-order valence-corrected chi connectivity index (χ0v) is 12.6. The van der Waals surface area contributed by atoms with Crippen molar-refractivity contribution in [3.63, 3.8) is 0 Å². The lowest BCUT2D eigenvalue weighted by molar-refractivity contribution is -0.125. The smallest absolute Gasteiger partial charge is 0.227 e. The number of nitrogens with one attached hydrogen (secondary N) is 1. The molecule has 1 aromatic rings. The zero-order chi connectivity index (χ0) is 14.2. The molecule has 3 fully saturated rings. The van der Waals surface area contributed by atoms with Gasteiger partial charge in [-0.1, -0.05) is 24.3 Å². The predicted molar refractivity (Wildman–Crippen MR) is 83.2 cm³/mol. The molecule has 21 heavy (non-hydrogen) atoms. The van der Waals surface area contributed by atoms with Crippen LogP contribution < -0.4 is 5.32 Å². The zero-order valence-electron chi connectivity index (χ0n) is 12.6. The fourth-order valence-electron chi connectivity index (χ4n) is 4.44. The molecule has 1 aliphatic carbocycles. The van der Waals surface area contributed by atoms with E-state index in [1.165, 1.54) is 37.1 Å². The number of hydrogen-bond donors (Lipinski definition) is 1. The molecule has 4 aliphatic rings. The average molecular weight is 284 g/mol. The number of nitrogens with zero attached hydrogens (tertiary/aromatic N) is 1. The molecule has 3 nitrogen and oxygen atoms in total. The van der Waals surface area contributed by atoms with Gasteiger partial charge in [-0.05, 0) is 62.2 Å². The van der Waals surface area contributed by atoms with Crippen molar-refractivity contribution >= 4 is 5.91 Å². The largest absolute Gasteiger partial charge is 0.351 e. The Kier molecular flexibility index (Phi) is 3.46. The first-order valence-electron chi connectivity index (χ1n) is 8.42. The van der Waals surface area contributed by atoms with Crippen molar-refractivity contribution in [2.45, 2.75) is 44.1 Å². The number of rotatable bonds is 2. The monoisotopic (exact) mass is 284 g/mol. The second-order valence-corrected chi connectivity index (χ2v) is 6.90. The van der Waals surface area contributed by atoms with Crippen LogP contribution in [0.25, 0.3) is 0 Å². The Balaban J connectivity index is 1.49. The molecule has 0 saturated carbocycles. The van der Waals surface area contributed by atoms with Gasteiger partial charge in [0.1, 0.15) is 0 Å². The minimum atomic E-state index is 0.0744. The summed E-state index contributed by atoms with van der Waals surface area (Å²) in [5, 5.41) is 3.38. The third kappa shape index (κ3) is 2.48. The maximum Gasteiger partial charge on any atom is 0.227 e. The topological polar surface area (TPSA) is 32.3 Å². The van der Waals surface area contributed by atoms with Gasteiger partial charge in [-0.25, -0.2) is 0 Å². The van der Waals surface area contributed by atoms with Crippen LogP contribution in [0, 0.1) is 5.92 Å². The average Bonchev–Trinajstić information content (AvgIpc) is 2.55. The Bertz CT molecular complexity index is 534. The Labute approximate surface area is 126 Å². The summed E-state index contributed by atoms with van der Waals surface area (Å²) in [5.41, 5.74) is 2.64. The molecule has 112 valence electrons. The molecule has 2 atom stereocenters. The molecule has 1 amide bonds. The molecule has 2 bridgehead atoms. The summed E-state index contributed by atoms with van der Waals surface area (Å²) in [6.45, 7) is 3.51. The van der Waals surface area contributed by atoms with Crippen LogP contribution >= 0.6 is 0 Å².